The van der Waals surface area contributed by atoms with Gasteiger partial charge in [0.25, 0.3) is 0 Å². The van der Waals surface area contributed by atoms with Gasteiger partial charge in [0.2, 0.25) is 0 Å². The monoisotopic (exact) mass is 269 g/mol. The molecule has 0 heterocycles. The van der Waals surface area contributed by atoms with Crippen molar-refractivity contribution in [2.75, 3.05) is 12.4 Å². The van der Waals surface area contributed by atoms with Gasteiger partial charge in [-0.25, -0.2) is 0 Å². The Hall–Kier alpha value is -1.96. The standard InChI is InChI=1S/C18H23NO/c1-12-6-7-18(20-5)17(11-12)19-15(4)16-9-13(2)8-14(3)10-16/h6-11,15,19H,1-5H3. The molecule has 0 amide bonds. The summed E-state index contributed by atoms with van der Waals surface area (Å²) in [5, 5.41) is 3.55. The molecule has 0 bridgehead atoms. The molecule has 2 rings (SSSR count). The van der Waals surface area contributed by atoms with Crippen molar-refractivity contribution >= 4 is 5.69 Å². The number of hydrogen-bond donors (Lipinski definition) is 1. The maximum Gasteiger partial charge on any atom is 0.141 e. The van der Waals surface area contributed by atoms with Gasteiger partial charge in [-0.15, -0.1) is 0 Å². The van der Waals surface area contributed by atoms with Crippen molar-refractivity contribution < 1.29 is 4.74 Å². The number of aryl methyl sites for hydroxylation is 3. The second kappa shape index (κ2) is 6.00. The first-order chi connectivity index (χ1) is 9.49. The third-order valence-corrected chi connectivity index (χ3v) is 3.47. The molecule has 0 aliphatic heterocycles. The zero-order chi connectivity index (χ0) is 14.7. The fourth-order valence-electron chi connectivity index (χ4n) is 2.51. The van der Waals surface area contributed by atoms with Crippen LogP contribution in [0.4, 0.5) is 5.69 Å². The average Bonchev–Trinajstić information content (AvgIpc) is 2.37. The van der Waals surface area contributed by atoms with Gasteiger partial charge in [-0.1, -0.05) is 35.4 Å². The first-order valence-electron chi connectivity index (χ1n) is 6.99. The van der Waals surface area contributed by atoms with Gasteiger partial charge in [-0.3, -0.25) is 0 Å². The minimum absolute atomic E-state index is 0.240. The van der Waals surface area contributed by atoms with Crippen molar-refractivity contribution in [3.05, 3.63) is 58.7 Å². The van der Waals surface area contributed by atoms with Gasteiger partial charge in [0, 0.05) is 6.04 Å². The van der Waals surface area contributed by atoms with E-state index >= 15 is 0 Å². The highest BCUT2D eigenvalue weighted by Crippen LogP contribution is 2.29. The van der Waals surface area contributed by atoms with Crippen LogP contribution in [-0.4, -0.2) is 7.11 Å². The van der Waals surface area contributed by atoms with Gasteiger partial charge in [-0.05, 0) is 51.0 Å². The van der Waals surface area contributed by atoms with Crippen LogP contribution in [0, 0.1) is 20.8 Å². The molecule has 20 heavy (non-hydrogen) atoms. The smallest absolute Gasteiger partial charge is 0.141 e. The molecule has 0 saturated heterocycles. The molecule has 2 nitrogen and oxygen atoms in total. The fourth-order valence-corrected chi connectivity index (χ4v) is 2.51. The predicted octanol–water partition coefficient (Wildman–Crippen LogP) is 4.79. The van der Waals surface area contributed by atoms with Crippen LogP contribution >= 0.6 is 0 Å². The summed E-state index contributed by atoms with van der Waals surface area (Å²) in [6, 6.07) is 13.1. The largest absolute Gasteiger partial charge is 0.495 e. The number of nitrogens with one attached hydrogen (secondary N) is 1. The summed E-state index contributed by atoms with van der Waals surface area (Å²) in [4.78, 5) is 0. The van der Waals surface area contributed by atoms with E-state index in [1.54, 1.807) is 7.11 Å². The lowest BCUT2D eigenvalue weighted by Gasteiger charge is -2.19. The summed E-state index contributed by atoms with van der Waals surface area (Å²) >= 11 is 0. The van der Waals surface area contributed by atoms with Crippen molar-refractivity contribution in [1.82, 2.24) is 0 Å². The Morgan fingerprint density at radius 2 is 1.55 bits per heavy atom. The van der Waals surface area contributed by atoms with Crippen LogP contribution in [0.15, 0.2) is 36.4 Å². The Labute approximate surface area is 121 Å². The summed E-state index contributed by atoms with van der Waals surface area (Å²) in [7, 11) is 1.71. The van der Waals surface area contributed by atoms with E-state index in [9.17, 15) is 0 Å². The van der Waals surface area contributed by atoms with Gasteiger partial charge >= 0.3 is 0 Å². The molecule has 1 atom stereocenters. The normalized spacial score (nSPS) is 12.1. The van der Waals surface area contributed by atoms with E-state index in [4.69, 9.17) is 4.74 Å². The van der Waals surface area contributed by atoms with Crippen LogP contribution in [0.5, 0.6) is 5.75 Å². The molecule has 106 valence electrons. The molecule has 2 aromatic carbocycles. The highest BCUT2D eigenvalue weighted by molar-refractivity contribution is 5.59. The Morgan fingerprint density at radius 1 is 0.900 bits per heavy atom. The second-order valence-electron chi connectivity index (χ2n) is 5.49. The topological polar surface area (TPSA) is 21.3 Å². The van der Waals surface area contributed by atoms with E-state index in [0.29, 0.717) is 0 Å². The molecule has 1 N–H and O–H groups in total. The van der Waals surface area contributed by atoms with E-state index in [1.165, 1.54) is 22.3 Å². The Bertz CT molecular complexity index is 584. The van der Waals surface area contributed by atoms with Crippen LogP contribution < -0.4 is 10.1 Å². The van der Waals surface area contributed by atoms with E-state index in [0.717, 1.165) is 11.4 Å². The molecule has 2 heteroatoms. The minimum atomic E-state index is 0.240. The maximum absolute atomic E-state index is 5.42. The summed E-state index contributed by atoms with van der Waals surface area (Å²) < 4.78 is 5.42. The Kier molecular flexibility index (Phi) is 4.33. The van der Waals surface area contributed by atoms with Gasteiger partial charge < -0.3 is 10.1 Å². The lowest BCUT2D eigenvalue weighted by molar-refractivity contribution is 0.416. The molecule has 0 fully saturated rings. The maximum atomic E-state index is 5.42. The number of benzene rings is 2. The SMILES string of the molecule is COc1ccc(C)cc1NC(C)c1cc(C)cc(C)c1. The van der Waals surface area contributed by atoms with E-state index in [1.807, 2.05) is 6.07 Å². The molecule has 2 aromatic rings. The predicted molar refractivity (Wildman–Crippen MR) is 85.7 cm³/mol. The minimum Gasteiger partial charge on any atom is -0.495 e. The highest BCUT2D eigenvalue weighted by atomic mass is 16.5. The molecule has 0 saturated carbocycles. The molecule has 0 aliphatic carbocycles. The van der Waals surface area contributed by atoms with Crippen molar-refractivity contribution in [2.45, 2.75) is 33.7 Å². The van der Waals surface area contributed by atoms with Crippen molar-refractivity contribution in [3.8, 4) is 5.75 Å². The van der Waals surface area contributed by atoms with Crippen molar-refractivity contribution in [1.29, 1.82) is 0 Å². The van der Waals surface area contributed by atoms with Crippen LogP contribution in [0.3, 0.4) is 0 Å². The van der Waals surface area contributed by atoms with Crippen LogP contribution in [0.25, 0.3) is 0 Å². The molecule has 0 radical (unpaired) electrons. The zero-order valence-corrected chi connectivity index (χ0v) is 12.9. The zero-order valence-electron chi connectivity index (χ0n) is 12.9. The summed E-state index contributed by atoms with van der Waals surface area (Å²) in [5.41, 5.74) is 6.15. The summed E-state index contributed by atoms with van der Waals surface area (Å²) in [6.45, 7) is 8.54. The van der Waals surface area contributed by atoms with Crippen molar-refractivity contribution in [3.63, 3.8) is 0 Å². The van der Waals surface area contributed by atoms with Crippen molar-refractivity contribution in [2.24, 2.45) is 0 Å². The number of rotatable bonds is 4. The number of hydrogen-bond acceptors (Lipinski definition) is 2. The third-order valence-electron chi connectivity index (χ3n) is 3.47. The summed E-state index contributed by atoms with van der Waals surface area (Å²) in [6.07, 6.45) is 0. The lowest BCUT2D eigenvalue weighted by Crippen LogP contribution is -2.08. The van der Waals surface area contributed by atoms with Gasteiger partial charge in [0.1, 0.15) is 5.75 Å². The number of ether oxygens (including phenoxy) is 1. The quantitative estimate of drug-likeness (QED) is 0.861. The summed E-state index contributed by atoms with van der Waals surface area (Å²) in [5.74, 6) is 0.881. The fraction of sp³-hybridized carbons (Fsp3) is 0.333. The highest BCUT2D eigenvalue weighted by Gasteiger charge is 2.10. The Balaban J connectivity index is 2.27. The average molecular weight is 269 g/mol. The molecular weight excluding hydrogens is 246 g/mol. The first-order valence-corrected chi connectivity index (χ1v) is 6.99. The van der Waals surface area contributed by atoms with Gasteiger partial charge in [0.15, 0.2) is 0 Å². The Morgan fingerprint density at radius 3 is 2.15 bits per heavy atom. The molecule has 0 aromatic heterocycles. The second-order valence-corrected chi connectivity index (χ2v) is 5.49. The molecule has 0 spiro atoms. The van der Waals surface area contributed by atoms with E-state index in [2.05, 4.69) is 63.3 Å². The molecular formula is C18H23NO. The first kappa shape index (κ1) is 14.4. The van der Waals surface area contributed by atoms with Gasteiger partial charge in [-0.2, -0.15) is 0 Å². The molecule has 1 unspecified atom stereocenters. The lowest BCUT2D eigenvalue weighted by atomic mass is 10.0. The van der Waals surface area contributed by atoms with E-state index < -0.39 is 0 Å². The van der Waals surface area contributed by atoms with Crippen LogP contribution in [-0.2, 0) is 0 Å². The molecule has 0 aliphatic rings. The number of anilines is 1. The number of methoxy groups -OCH3 is 1. The van der Waals surface area contributed by atoms with E-state index in [-0.39, 0.29) is 6.04 Å². The third kappa shape index (κ3) is 3.32. The van der Waals surface area contributed by atoms with Gasteiger partial charge in [0.05, 0.1) is 12.8 Å². The van der Waals surface area contributed by atoms with Crippen LogP contribution in [0.1, 0.15) is 35.2 Å². The van der Waals surface area contributed by atoms with Crippen LogP contribution in [0.2, 0.25) is 0 Å².